The standard InChI is InChI=1S/C22H30N6O.HI/c1-23-22(24-15-18-9-4-5-10-20(18)28-13-6-12-25-28)26-19-11-14-27(16-19)21(29)17-7-2-3-8-17;/h4-6,9-10,12-13,17,19H,2-3,7-8,11,14-16H2,1H3,(H2,23,24,26);1H. The topological polar surface area (TPSA) is 74.6 Å². The number of benzene rings is 1. The molecule has 2 N–H and O–H groups in total. The largest absolute Gasteiger partial charge is 0.352 e. The molecule has 1 amide bonds. The van der Waals surface area contributed by atoms with Crippen LogP contribution in [-0.4, -0.2) is 52.7 Å². The number of carbonyl (C=O) groups excluding carboxylic acids is 1. The molecule has 0 spiro atoms. The Balaban J connectivity index is 0.00000256. The van der Waals surface area contributed by atoms with E-state index in [0.29, 0.717) is 12.5 Å². The van der Waals surface area contributed by atoms with Crippen LogP contribution in [-0.2, 0) is 11.3 Å². The molecular formula is C22H31IN6O. The van der Waals surface area contributed by atoms with E-state index in [1.807, 2.05) is 34.0 Å². The van der Waals surface area contributed by atoms with Crippen molar-refractivity contribution in [3.63, 3.8) is 0 Å². The highest BCUT2D eigenvalue weighted by atomic mass is 127. The summed E-state index contributed by atoms with van der Waals surface area (Å²) in [6, 6.07) is 10.4. The molecule has 2 fully saturated rings. The molecule has 1 aromatic heterocycles. The molecule has 2 aromatic rings. The second-order valence-corrected chi connectivity index (χ2v) is 7.90. The van der Waals surface area contributed by atoms with Gasteiger partial charge < -0.3 is 15.5 Å². The minimum atomic E-state index is 0. The van der Waals surface area contributed by atoms with Gasteiger partial charge in [-0.3, -0.25) is 9.79 Å². The molecule has 1 saturated carbocycles. The zero-order valence-electron chi connectivity index (χ0n) is 17.5. The number of aromatic nitrogens is 2. The van der Waals surface area contributed by atoms with E-state index in [0.717, 1.165) is 49.6 Å². The number of hydrogen-bond donors (Lipinski definition) is 2. The van der Waals surface area contributed by atoms with E-state index < -0.39 is 0 Å². The summed E-state index contributed by atoms with van der Waals surface area (Å²) in [5.41, 5.74) is 2.19. The number of hydrogen-bond acceptors (Lipinski definition) is 3. The van der Waals surface area contributed by atoms with Crippen molar-refractivity contribution in [3.05, 3.63) is 48.3 Å². The third-order valence-electron chi connectivity index (χ3n) is 5.96. The van der Waals surface area contributed by atoms with Crippen molar-refractivity contribution < 1.29 is 4.79 Å². The number of nitrogens with zero attached hydrogens (tertiary/aromatic N) is 4. The molecule has 0 bridgehead atoms. The Bertz CT molecular complexity index is 847. The van der Waals surface area contributed by atoms with Crippen LogP contribution >= 0.6 is 24.0 Å². The Hall–Kier alpha value is -2.10. The number of guanidine groups is 1. The third-order valence-corrected chi connectivity index (χ3v) is 5.96. The van der Waals surface area contributed by atoms with Crippen molar-refractivity contribution in [2.75, 3.05) is 20.1 Å². The Morgan fingerprint density at radius 3 is 2.73 bits per heavy atom. The number of halogens is 1. The fraction of sp³-hybridized carbons (Fsp3) is 0.500. The third kappa shape index (κ3) is 5.33. The first-order valence-electron chi connectivity index (χ1n) is 10.6. The zero-order chi connectivity index (χ0) is 20.1. The zero-order valence-corrected chi connectivity index (χ0v) is 19.8. The average molecular weight is 522 g/mol. The first-order valence-corrected chi connectivity index (χ1v) is 10.6. The molecule has 7 nitrogen and oxygen atoms in total. The van der Waals surface area contributed by atoms with Gasteiger partial charge in [0.15, 0.2) is 5.96 Å². The molecule has 0 radical (unpaired) electrons. The second kappa shape index (κ2) is 10.8. The van der Waals surface area contributed by atoms with Gasteiger partial charge in [0.1, 0.15) is 0 Å². The van der Waals surface area contributed by atoms with Crippen molar-refractivity contribution in [2.45, 2.75) is 44.7 Å². The lowest BCUT2D eigenvalue weighted by Gasteiger charge is -2.21. The van der Waals surface area contributed by atoms with Gasteiger partial charge in [0.05, 0.1) is 5.69 Å². The van der Waals surface area contributed by atoms with Crippen molar-refractivity contribution >= 4 is 35.8 Å². The summed E-state index contributed by atoms with van der Waals surface area (Å²) in [7, 11) is 1.78. The molecule has 1 atom stereocenters. The van der Waals surface area contributed by atoms with Crippen LogP contribution in [0.5, 0.6) is 0 Å². The van der Waals surface area contributed by atoms with Crippen LogP contribution in [0.15, 0.2) is 47.7 Å². The lowest BCUT2D eigenvalue weighted by Crippen LogP contribution is -2.45. The normalized spacial score (nSPS) is 19.6. The van der Waals surface area contributed by atoms with Crippen molar-refractivity contribution in [1.82, 2.24) is 25.3 Å². The number of aliphatic imine (C=N–C) groups is 1. The minimum absolute atomic E-state index is 0. The lowest BCUT2D eigenvalue weighted by molar-refractivity contribution is -0.134. The summed E-state index contributed by atoms with van der Waals surface area (Å²) in [5, 5.41) is 11.2. The minimum Gasteiger partial charge on any atom is -0.352 e. The van der Waals surface area contributed by atoms with Crippen LogP contribution in [0.1, 0.15) is 37.7 Å². The summed E-state index contributed by atoms with van der Waals surface area (Å²) in [6.07, 6.45) is 9.20. The Morgan fingerprint density at radius 1 is 1.20 bits per heavy atom. The summed E-state index contributed by atoms with van der Waals surface area (Å²) >= 11 is 0. The quantitative estimate of drug-likeness (QED) is 0.360. The summed E-state index contributed by atoms with van der Waals surface area (Å²) < 4.78 is 1.87. The van der Waals surface area contributed by atoms with Gasteiger partial charge in [-0.15, -0.1) is 24.0 Å². The van der Waals surface area contributed by atoms with Crippen molar-refractivity contribution in [3.8, 4) is 5.69 Å². The summed E-state index contributed by atoms with van der Waals surface area (Å²) in [6.45, 7) is 2.25. The van der Waals surface area contributed by atoms with Crippen LogP contribution in [0, 0.1) is 5.92 Å². The van der Waals surface area contributed by atoms with E-state index in [4.69, 9.17) is 0 Å². The molecule has 1 aliphatic heterocycles. The number of rotatable bonds is 5. The molecule has 1 aromatic carbocycles. The highest BCUT2D eigenvalue weighted by molar-refractivity contribution is 14.0. The maximum absolute atomic E-state index is 12.7. The second-order valence-electron chi connectivity index (χ2n) is 7.90. The van der Waals surface area contributed by atoms with Gasteiger partial charge in [-0.25, -0.2) is 4.68 Å². The Kier molecular flexibility index (Phi) is 8.12. The molecule has 30 heavy (non-hydrogen) atoms. The molecular weight excluding hydrogens is 491 g/mol. The molecule has 1 aliphatic carbocycles. The van der Waals surface area contributed by atoms with Gasteiger partial charge in [0, 0.05) is 51.0 Å². The monoisotopic (exact) mass is 522 g/mol. The fourth-order valence-corrected chi connectivity index (χ4v) is 4.37. The van der Waals surface area contributed by atoms with Gasteiger partial charge in [0.2, 0.25) is 5.91 Å². The Labute approximate surface area is 195 Å². The molecule has 4 rings (SSSR count). The lowest BCUT2D eigenvalue weighted by atomic mass is 10.1. The van der Waals surface area contributed by atoms with Crippen molar-refractivity contribution in [2.24, 2.45) is 10.9 Å². The number of likely N-dealkylation sites (tertiary alicyclic amines) is 1. The highest BCUT2D eigenvalue weighted by Gasteiger charge is 2.32. The smallest absolute Gasteiger partial charge is 0.225 e. The van der Waals surface area contributed by atoms with Gasteiger partial charge in [-0.2, -0.15) is 5.10 Å². The molecule has 162 valence electrons. The predicted octanol–water partition coefficient (Wildman–Crippen LogP) is 2.95. The van der Waals surface area contributed by atoms with Gasteiger partial charge in [-0.05, 0) is 37.0 Å². The van der Waals surface area contributed by atoms with E-state index >= 15 is 0 Å². The number of nitrogens with one attached hydrogen (secondary N) is 2. The van der Waals surface area contributed by atoms with Crippen LogP contribution in [0.2, 0.25) is 0 Å². The van der Waals surface area contributed by atoms with Crippen molar-refractivity contribution in [1.29, 1.82) is 0 Å². The maximum Gasteiger partial charge on any atom is 0.225 e. The van der Waals surface area contributed by atoms with Crippen LogP contribution in [0.3, 0.4) is 0 Å². The van der Waals surface area contributed by atoms with E-state index in [-0.39, 0.29) is 35.9 Å². The van der Waals surface area contributed by atoms with E-state index in [1.54, 1.807) is 13.2 Å². The van der Waals surface area contributed by atoms with Gasteiger partial charge in [0.25, 0.3) is 0 Å². The molecule has 8 heteroatoms. The number of amides is 1. The maximum atomic E-state index is 12.7. The van der Waals surface area contributed by atoms with Gasteiger partial charge in [-0.1, -0.05) is 31.0 Å². The Morgan fingerprint density at radius 2 is 2.00 bits per heavy atom. The average Bonchev–Trinajstić information content (AvgIpc) is 3.53. The highest BCUT2D eigenvalue weighted by Crippen LogP contribution is 2.27. The molecule has 1 unspecified atom stereocenters. The van der Waals surface area contributed by atoms with Gasteiger partial charge >= 0.3 is 0 Å². The summed E-state index contributed by atoms with van der Waals surface area (Å²) in [4.78, 5) is 19.1. The fourth-order valence-electron chi connectivity index (χ4n) is 4.37. The summed E-state index contributed by atoms with van der Waals surface area (Å²) in [5.74, 6) is 1.37. The number of carbonyl (C=O) groups is 1. The van der Waals surface area contributed by atoms with E-state index in [1.165, 1.54) is 12.8 Å². The first kappa shape index (κ1) is 22.6. The SMILES string of the molecule is CN=C(NCc1ccccc1-n1cccn1)NC1CCN(C(=O)C2CCCC2)C1.I. The van der Waals surface area contributed by atoms with E-state index in [9.17, 15) is 4.79 Å². The van der Waals surface area contributed by atoms with Crippen LogP contribution < -0.4 is 10.6 Å². The van der Waals surface area contributed by atoms with Crippen LogP contribution in [0.4, 0.5) is 0 Å². The van der Waals surface area contributed by atoms with Crippen LogP contribution in [0.25, 0.3) is 5.69 Å². The van der Waals surface area contributed by atoms with E-state index in [2.05, 4.69) is 32.9 Å². The predicted molar refractivity (Wildman–Crippen MR) is 129 cm³/mol. The first-order chi connectivity index (χ1) is 14.2. The molecule has 2 heterocycles. The molecule has 2 aliphatic rings. The molecule has 1 saturated heterocycles. The number of para-hydroxylation sites is 1.